The van der Waals surface area contributed by atoms with E-state index in [-0.39, 0.29) is 5.75 Å². The maximum Gasteiger partial charge on any atom is 0.166 e. The maximum atomic E-state index is 14.5. The molecular formula is C25H30F2N4O. The first-order valence-electron chi connectivity index (χ1n) is 11.2. The summed E-state index contributed by atoms with van der Waals surface area (Å²) in [7, 11) is 2.03. The second-order valence-electron chi connectivity index (χ2n) is 8.55. The molecule has 2 aromatic rings. The molecule has 0 amide bonds. The van der Waals surface area contributed by atoms with Crippen molar-refractivity contribution in [1.82, 2.24) is 10.6 Å². The van der Waals surface area contributed by atoms with Crippen LogP contribution in [0.15, 0.2) is 36.5 Å². The van der Waals surface area contributed by atoms with E-state index >= 15 is 0 Å². The molecule has 1 saturated heterocycles. The molecule has 32 heavy (non-hydrogen) atoms. The third kappa shape index (κ3) is 4.63. The number of anilines is 1. The van der Waals surface area contributed by atoms with E-state index in [0.29, 0.717) is 29.0 Å². The zero-order valence-corrected chi connectivity index (χ0v) is 18.6. The molecule has 5 nitrogen and oxygen atoms in total. The van der Waals surface area contributed by atoms with Gasteiger partial charge in [-0.2, -0.15) is 0 Å². The number of hydrogen-bond acceptors (Lipinski definition) is 5. The van der Waals surface area contributed by atoms with Crippen LogP contribution in [0.25, 0.3) is 5.57 Å². The van der Waals surface area contributed by atoms with Crippen molar-refractivity contribution >= 4 is 17.5 Å². The number of fused-ring (bicyclic) bond motifs is 1. The van der Waals surface area contributed by atoms with E-state index in [9.17, 15) is 8.78 Å². The van der Waals surface area contributed by atoms with Gasteiger partial charge >= 0.3 is 0 Å². The highest BCUT2D eigenvalue weighted by atomic mass is 19.1. The molecule has 2 aliphatic rings. The predicted octanol–water partition coefficient (Wildman–Crippen LogP) is 4.86. The molecule has 4 rings (SSSR count). The molecular weight excluding hydrogens is 410 g/mol. The number of allylic oxidation sites excluding steroid dienone is 1. The van der Waals surface area contributed by atoms with Gasteiger partial charge in [0.1, 0.15) is 11.6 Å². The van der Waals surface area contributed by atoms with Crippen LogP contribution >= 0.6 is 0 Å². The van der Waals surface area contributed by atoms with Crippen LogP contribution in [0.3, 0.4) is 0 Å². The number of nitrogens with zero attached hydrogens (tertiary/aromatic N) is 1. The first kappa shape index (κ1) is 22.3. The van der Waals surface area contributed by atoms with Gasteiger partial charge in [0.2, 0.25) is 0 Å². The molecule has 0 spiro atoms. The standard InChI is InChI=1S/C25H30F2N4O/c1-16-3-5-21-23(31(16)2)8-6-20(17(14-28)15-30-19-9-11-29-12-10-19)25(21)32-24-13-18(26)4-7-22(24)27/h4,6-8,13-16,19,28-30H,3,5,9-12H2,1-2H3/b17-15+,28-14?. The molecule has 0 bridgehead atoms. The largest absolute Gasteiger partial charge is 0.453 e. The molecule has 2 aromatic carbocycles. The van der Waals surface area contributed by atoms with E-state index in [1.165, 1.54) is 6.21 Å². The Morgan fingerprint density at radius 1 is 1.19 bits per heavy atom. The highest BCUT2D eigenvalue weighted by Gasteiger charge is 2.26. The Labute approximate surface area is 188 Å². The Hall–Kier alpha value is -2.93. The summed E-state index contributed by atoms with van der Waals surface area (Å²) in [4.78, 5) is 2.18. The van der Waals surface area contributed by atoms with Crippen molar-refractivity contribution in [2.24, 2.45) is 0 Å². The first-order chi connectivity index (χ1) is 15.5. The lowest BCUT2D eigenvalue weighted by Crippen LogP contribution is -2.37. The second-order valence-corrected chi connectivity index (χ2v) is 8.55. The molecule has 2 aliphatic heterocycles. The number of hydrogen-bond donors (Lipinski definition) is 3. The van der Waals surface area contributed by atoms with Crippen LogP contribution in [-0.4, -0.2) is 38.4 Å². The lowest BCUT2D eigenvalue weighted by molar-refractivity contribution is 0.420. The van der Waals surface area contributed by atoms with Crippen LogP contribution in [0.5, 0.6) is 11.5 Å². The van der Waals surface area contributed by atoms with Gasteiger partial charge in [-0.05, 0) is 70.0 Å². The summed E-state index contributed by atoms with van der Waals surface area (Å²) in [6.45, 7) is 4.08. The molecule has 0 aromatic heterocycles. The predicted molar refractivity (Wildman–Crippen MR) is 125 cm³/mol. The van der Waals surface area contributed by atoms with E-state index in [2.05, 4.69) is 22.5 Å². The van der Waals surface area contributed by atoms with Crippen LogP contribution in [-0.2, 0) is 6.42 Å². The van der Waals surface area contributed by atoms with Gasteiger partial charge in [0.25, 0.3) is 0 Å². The summed E-state index contributed by atoms with van der Waals surface area (Å²) in [5.74, 6) is -0.862. The number of rotatable bonds is 6. The molecule has 0 aliphatic carbocycles. The van der Waals surface area contributed by atoms with Gasteiger partial charge in [-0.25, -0.2) is 8.78 Å². The minimum atomic E-state index is -0.624. The van der Waals surface area contributed by atoms with Crippen molar-refractivity contribution < 1.29 is 13.5 Å². The third-order valence-corrected chi connectivity index (χ3v) is 6.47. The first-order valence-corrected chi connectivity index (χ1v) is 11.2. The molecule has 0 radical (unpaired) electrons. The summed E-state index contributed by atoms with van der Waals surface area (Å²) >= 11 is 0. The maximum absolute atomic E-state index is 14.5. The van der Waals surface area contributed by atoms with Crippen LogP contribution in [0.1, 0.15) is 37.3 Å². The van der Waals surface area contributed by atoms with Crippen molar-refractivity contribution in [3.63, 3.8) is 0 Å². The molecule has 2 heterocycles. The summed E-state index contributed by atoms with van der Waals surface area (Å²) in [5.41, 5.74) is 3.28. The minimum Gasteiger partial charge on any atom is -0.453 e. The van der Waals surface area contributed by atoms with Crippen LogP contribution in [0, 0.1) is 17.0 Å². The van der Waals surface area contributed by atoms with E-state index in [1.807, 2.05) is 25.4 Å². The van der Waals surface area contributed by atoms with Gasteiger partial charge in [0, 0.05) is 60.0 Å². The number of halogens is 2. The number of piperidine rings is 1. The normalized spacial score (nSPS) is 19.4. The molecule has 0 saturated carbocycles. The molecule has 170 valence electrons. The number of nitrogens with one attached hydrogen (secondary N) is 3. The second kappa shape index (κ2) is 9.69. The molecule has 1 atom stereocenters. The molecule has 3 N–H and O–H groups in total. The van der Waals surface area contributed by atoms with Crippen LogP contribution in [0.2, 0.25) is 0 Å². The lowest BCUT2D eigenvalue weighted by atomic mass is 9.92. The zero-order valence-electron chi connectivity index (χ0n) is 18.6. The fourth-order valence-corrected chi connectivity index (χ4v) is 4.38. The Morgan fingerprint density at radius 2 is 1.97 bits per heavy atom. The smallest absolute Gasteiger partial charge is 0.166 e. The Bertz CT molecular complexity index is 1020. The van der Waals surface area contributed by atoms with E-state index in [0.717, 1.165) is 68.2 Å². The number of ether oxygens (including phenoxy) is 1. The van der Waals surface area contributed by atoms with Gasteiger partial charge in [0.15, 0.2) is 11.6 Å². The van der Waals surface area contributed by atoms with Crippen LogP contribution in [0.4, 0.5) is 14.5 Å². The van der Waals surface area contributed by atoms with Gasteiger partial charge in [0.05, 0.1) is 0 Å². The van der Waals surface area contributed by atoms with Gasteiger partial charge < -0.3 is 25.7 Å². The summed E-state index contributed by atoms with van der Waals surface area (Å²) in [6, 6.07) is 7.84. The minimum absolute atomic E-state index is 0.156. The average Bonchev–Trinajstić information content (AvgIpc) is 2.80. The fourth-order valence-electron chi connectivity index (χ4n) is 4.38. The lowest BCUT2D eigenvalue weighted by Gasteiger charge is -2.35. The third-order valence-electron chi connectivity index (χ3n) is 6.47. The van der Waals surface area contributed by atoms with E-state index in [1.54, 1.807) is 0 Å². The van der Waals surface area contributed by atoms with E-state index < -0.39 is 11.6 Å². The van der Waals surface area contributed by atoms with Crippen molar-refractivity contribution in [1.29, 1.82) is 5.41 Å². The summed E-state index contributed by atoms with van der Waals surface area (Å²) < 4.78 is 34.3. The SMILES string of the molecule is CC1CCc2c(ccc(/C(C=N)=C/NC3CCNCC3)c2Oc2cc(F)ccc2F)N1C. The van der Waals surface area contributed by atoms with Crippen molar-refractivity contribution in [3.05, 3.63) is 59.3 Å². The molecule has 7 heteroatoms. The number of benzene rings is 2. The quantitative estimate of drug-likeness (QED) is 0.562. The van der Waals surface area contributed by atoms with Gasteiger partial charge in [-0.1, -0.05) is 0 Å². The van der Waals surface area contributed by atoms with Crippen LogP contribution < -0.4 is 20.3 Å². The van der Waals surface area contributed by atoms with Crippen molar-refractivity contribution in [2.45, 2.75) is 44.7 Å². The molecule has 1 fully saturated rings. The summed E-state index contributed by atoms with van der Waals surface area (Å²) in [6.07, 6.45) is 6.81. The van der Waals surface area contributed by atoms with Gasteiger partial charge in [-0.15, -0.1) is 0 Å². The average molecular weight is 441 g/mol. The molecule has 1 unspecified atom stereocenters. The highest BCUT2D eigenvalue weighted by molar-refractivity contribution is 6.09. The Kier molecular flexibility index (Phi) is 6.74. The highest BCUT2D eigenvalue weighted by Crippen LogP contribution is 2.42. The van der Waals surface area contributed by atoms with Gasteiger partial charge in [-0.3, -0.25) is 0 Å². The van der Waals surface area contributed by atoms with E-state index in [4.69, 9.17) is 10.1 Å². The van der Waals surface area contributed by atoms with Crippen molar-refractivity contribution in [3.8, 4) is 11.5 Å². The fraction of sp³-hybridized carbons (Fsp3) is 0.400. The summed E-state index contributed by atoms with van der Waals surface area (Å²) in [5, 5.41) is 14.8. The Balaban J connectivity index is 1.77. The topological polar surface area (TPSA) is 60.4 Å². The Morgan fingerprint density at radius 3 is 2.72 bits per heavy atom. The van der Waals surface area contributed by atoms with Crippen molar-refractivity contribution in [2.75, 3.05) is 25.0 Å². The zero-order chi connectivity index (χ0) is 22.7. The monoisotopic (exact) mass is 440 g/mol.